The molecule has 6 nitrogen and oxygen atoms in total. The first-order chi connectivity index (χ1) is 16.1. The van der Waals surface area contributed by atoms with Crippen LogP contribution in [0.1, 0.15) is 23.5 Å². The van der Waals surface area contributed by atoms with Crippen LogP contribution < -0.4 is 5.32 Å². The maximum absolute atomic E-state index is 13.8. The predicted octanol–water partition coefficient (Wildman–Crippen LogP) is 3.97. The zero-order valence-corrected chi connectivity index (χ0v) is 19.6. The SMILES string of the molecule is Fc1ccc(-n2cccc2[C@H]2[C@H](c3ccccn3)NC(=S)N2CCN2CCOCC2)cc1Cl. The first-order valence-electron chi connectivity index (χ1n) is 11.0. The molecule has 0 aliphatic carbocycles. The Morgan fingerprint density at radius 1 is 1.12 bits per heavy atom. The summed E-state index contributed by atoms with van der Waals surface area (Å²) in [6.07, 6.45) is 3.77. The van der Waals surface area contributed by atoms with Crippen molar-refractivity contribution in [3.63, 3.8) is 0 Å². The highest BCUT2D eigenvalue weighted by Crippen LogP contribution is 2.39. The van der Waals surface area contributed by atoms with Gasteiger partial charge in [-0.15, -0.1) is 0 Å². The lowest BCUT2D eigenvalue weighted by molar-refractivity contribution is 0.0349. The second-order valence-corrected chi connectivity index (χ2v) is 8.97. The van der Waals surface area contributed by atoms with Gasteiger partial charge in [0.25, 0.3) is 0 Å². The van der Waals surface area contributed by atoms with Crippen LogP contribution >= 0.6 is 23.8 Å². The van der Waals surface area contributed by atoms with Crippen molar-refractivity contribution in [2.45, 2.75) is 12.1 Å². The molecule has 172 valence electrons. The average Bonchev–Trinajstić information content (AvgIpc) is 3.45. The van der Waals surface area contributed by atoms with Crippen molar-refractivity contribution < 1.29 is 9.13 Å². The molecule has 2 aliphatic heterocycles. The van der Waals surface area contributed by atoms with Crippen LogP contribution in [0.2, 0.25) is 5.02 Å². The molecule has 1 aromatic carbocycles. The van der Waals surface area contributed by atoms with Crippen LogP contribution in [-0.2, 0) is 4.74 Å². The molecule has 1 N–H and O–H groups in total. The molecule has 2 aliphatic rings. The lowest BCUT2D eigenvalue weighted by Crippen LogP contribution is -2.42. The summed E-state index contributed by atoms with van der Waals surface area (Å²) in [6.45, 7) is 5.03. The lowest BCUT2D eigenvalue weighted by Gasteiger charge is -2.32. The summed E-state index contributed by atoms with van der Waals surface area (Å²) in [5, 5.41) is 4.30. The molecule has 33 heavy (non-hydrogen) atoms. The number of nitrogens with zero attached hydrogens (tertiary/aromatic N) is 4. The van der Waals surface area contributed by atoms with Gasteiger partial charge in [-0.25, -0.2) is 4.39 Å². The Bertz CT molecular complexity index is 1120. The van der Waals surface area contributed by atoms with Gasteiger partial charge in [0, 0.05) is 50.0 Å². The van der Waals surface area contributed by atoms with Gasteiger partial charge in [-0.1, -0.05) is 17.7 Å². The van der Waals surface area contributed by atoms with E-state index < -0.39 is 5.82 Å². The van der Waals surface area contributed by atoms with Crippen molar-refractivity contribution in [3.8, 4) is 5.69 Å². The summed E-state index contributed by atoms with van der Waals surface area (Å²) in [5.74, 6) is -0.434. The molecule has 0 amide bonds. The van der Waals surface area contributed by atoms with Gasteiger partial charge >= 0.3 is 0 Å². The third-order valence-corrected chi connectivity index (χ3v) is 6.87. The quantitative estimate of drug-likeness (QED) is 0.533. The van der Waals surface area contributed by atoms with Crippen LogP contribution in [0.5, 0.6) is 0 Å². The van der Waals surface area contributed by atoms with Crippen molar-refractivity contribution in [1.29, 1.82) is 0 Å². The molecule has 2 fully saturated rings. The lowest BCUT2D eigenvalue weighted by atomic mass is 10.0. The van der Waals surface area contributed by atoms with Gasteiger partial charge in [-0.3, -0.25) is 9.88 Å². The highest BCUT2D eigenvalue weighted by molar-refractivity contribution is 7.80. The van der Waals surface area contributed by atoms with Gasteiger partial charge < -0.3 is 19.5 Å². The smallest absolute Gasteiger partial charge is 0.170 e. The molecule has 0 spiro atoms. The number of thiocarbonyl (C=S) groups is 1. The minimum atomic E-state index is -0.434. The number of aromatic nitrogens is 2. The third kappa shape index (κ3) is 4.61. The minimum absolute atomic E-state index is 0.0905. The topological polar surface area (TPSA) is 45.6 Å². The van der Waals surface area contributed by atoms with E-state index >= 15 is 0 Å². The molecule has 5 rings (SSSR count). The van der Waals surface area contributed by atoms with Crippen LogP contribution in [0.15, 0.2) is 60.9 Å². The monoisotopic (exact) mass is 485 g/mol. The standard InChI is InChI=1S/C24H25ClFN5OS/c25-18-16-17(6-7-19(18)26)30-9-3-5-21(30)23-22(20-4-1-2-8-27-20)28-24(33)31(23)11-10-29-12-14-32-15-13-29/h1-9,16,22-23H,10-15H2,(H,28,33)/t22-,23-/m0/s1. The summed E-state index contributed by atoms with van der Waals surface area (Å²) in [7, 11) is 0. The molecule has 2 saturated heterocycles. The van der Waals surface area contributed by atoms with Crippen LogP contribution in [0.4, 0.5) is 4.39 Å². The normalized spacial score (nSPS) is 21.4. The Kier molecular flexibility index (Phi) is 6.59. The molecular formula is C24H25ClFN5OS. The molecule has 2 atom stereocenters. The van der Waals surface area contributed by atoms with E-state index in [4.69, 9.17) is 28.6 Å². The van der Waals surface area contributed by atoms with Gasteiger partial charge in [0.2, 0.25) is 0 Å². The molecule has 0 saturated carbocycles. The van der Waals surface area contributed by atoms with E-state index in [1.165, 1.54) is 6.07 Å². The minimum Gasteiger partial charge on any atom is -0.379 e. The van der Waals surface area contributed by atoms with Crippen LogP contribution in [0.25, 0.3) is 5.69 Å². The maximum Gasteiger partial charge on any atom is 0.170 e. The van der Waals surface area contributed by atoms with E-state index in [1.807, 2.05) is 35.0 Å². The Morgan fingerprint density at radius 2 is 1.97 bits per heavy atom. The van der Waals surface area contributed by atoms with E-state index in [0.29, 0.717) is 5.11 Å². The van der Waals surface area contributed by atoms with Gasteiger partial charge in [0.15, 0.2) is 5.11 Å². The predicted molar refractivity (Wildman–Crippen MR) is 130 cm³/mol. The van der Waals surface area contributed by atoms with Gasteiger partial charge in [-0.2, -0.15) is 0 Å². The van der Waals surface area contributed by atoms with Crippen molar-refractivity contribution in [1.82, 2.24) is 24.7 Å². The Hall–Kier alpha value is -2.52. The molecule has 0 bridgehead atoms. The molecular weight excluding hydrogens is 461 g/mol. The molecule has 2 aromatic heterocycles. The summed E-state index contributed by atoms with van der Waals surface area (Å²) < 4.78 is 21.4. The summed E-state index contributed by atoms with van der Waals surface area (Å²) in [4.78, 5) is 9.25. The Labute approximate surface area is 202 Å². The van der Waals surface area contributed by atoms with E-state index in [2.05, 4.69) is 26.2 Å². The Balaban J connectivity index is 1.51. The maximum atomic E-state index is 13.8. The number of rotatable bonds is 6. The first-order valence-corrected chi connectivity index (χ1v) is 11.8. The number of benzene rings is 1. The fourth-order valence-corrected chi connectivity index (χ4v) is 5.05. The van der Waals surface area contributed by atoms with Gasteiger partial charge in [-0.05, 0) is 54.7 Å². The number of morpholine rings is 1. The van der Waals surface area contributed by atoms with Crippen molar-refractivity contribution >= 4 is 28.9 Å². The number of hydrogen-bond acceptors (Lipinski definition) is 4. The Morgan fingerprint density at radius 3 is 2.73 bits per heavy atom. The highest BCUT2D eigenvalue weighted by atomic mass is 35.5. The van der Waals surface area contributed by atoms with Gasteiger partial charge in [0.05, 0.1) is 36.0 Å². The summed E-state index contributed by atoms with van der Waals surface area (Å²) in [5.41, 5.74) is 2.75. The largest absolute Gasteiger partial charge is 0.379 e. The highest BCUT2D eigenvalue weighted by Gasteiger charge is 2.41. The van der Waals surface area contributed by atoms with Crippen LogP contribution in [0.3, 0.4) is 0 Å². The number of halogens is 2. The van der Waals surface area contributed by atoms with Crippen LogP contribution in [0, 0.1) is 5.82 Å². The van der Waals surface area contributed by atoms with E-state index in [-0.39, 0.29) is 17.1 Å². The van der Waals surface area contributed by atoms with Gasteiger partial charge in [0.1, 0.15) is 5.82 Å². The van der Waals surface area contributed by atoms with Crippen molar-refractivity contribution in [3.05, 3.63) is 83.2 Å². The number of pyridine rings is 1. The summed E-state index contributed by atoms with van der Waals surface area (Å²) >= 11 is 11.9. The molecule has 9 heteroatoms. The van der Waals surface area contributed by atoms with Crippen molar-refractivity contribution in [2.75, 3.05) is 39.4 Å². The number of hydrogen-bond donors (Lipinski definition) is 1. The second-order valence-electron chi connectivity index (χ2n) is 8.18. The molecule has 0 radical (unpaired) electrons. The second kappa shape index (κ2) is 9.77. The molecule has 4 heterocycles. The van der Waals surface area contributed by atoms with E-state index in [9.17, 15) is 4.39 Å². The zero-order chi connectivity index (χ0) is 22.8. The fourth-order valence-electron chi connectivity index (χ4n) is 4.55. The van der Waals surface area contributed by atoms with Crippen LogP contribution in [-0.4, -0.2) is 63.9 Å². The zero-order valence-electron chi connectivity index (χ0n) is 18.0. The molecule has 3 aromatic rings. The number of nitrogens with one attached hydrogen (secondary N) is 1. The summed E-state index contributed by atoms with van der Waals surface area (Å²) in [6, 6.07) is 14.5. The average molecular weight is 486 g/mol. The number of ether oxygens (including phenoxy) is 1. The van der Waals surface area contributed by atoms with E-state index in [1.54, 1.807) is 18.3 Å². The third-order valence-electron chi connectivity index (χ3n) is 6.22. The van der Waals surface area contributed by atoms with Crippen molar-refractivity contribution in [2.24, 2.45) is 0 Å². The fraction of sp³-hybridized carbons (Fsp3) is 0.333. The molecule has 0 unspecified atom stereocenters. The van der Waals surface area contributed by atoms with E-state index in [0.717, 1.165) is 56.5 Å². The first kappa shape index (κ1) is 22.3.